The van der Waals surface area contributed by atoms with Crippen LogP contribution in [0.15, 0.2) is 36.4 Å². The van der Waals surface area contributed by atoms with Crippen LogP contribution in [-0.2, 0) is 22.7 Å². The summed E-state index contributed by atoms with van der Waals surface area (Å²) in [6.45, 7) is 5.57. The minimum absolute atomic E-state index is 0.0866. The van der Waals surface area contributed by atoms with Gasteiger partial charge in [-0.15, -0.1) is 0 Å². The lowest BCUT2D eigenvalue weighted by molar-refractivity contribution is -0.143. The molecule has 0 saturated carbocycles. The number of fused-ring (bicyclic) bond motifs is 2. The van der Waals surface area contributed by atoms with Crippen molar-refractivity contribution in [1.29, 1.82) is 5.26 Å². The van der Waals surface area contributed by atoms with Gasteiger partial charge < -0.3 is 24.5 Å². The topological polar surface area (TPSA) is 109 Å². The second-order valence-electron chi connectivity index (χ2n) is 12.9. The van der Waals surface area contributed by atoms with Crippen LogP contribution in [0.4, 0.5) is 25.3 Å². The molecule has 0 bridgehead atoms. The fourth-order valence-electron chi connectivity index (χ4n) is 7.23. The van der Waals surface area contributed by atoms with E-state index in [0.717, 1.165) is 43.1 Å². The number of nitriles is 1. The number of nitrogens with zero attached hydrogens (tertiary/aromatic N) is 7. The number of amides is 1. The molecule has 2 aromatic heterocycles. The summed E-state index contributed by atoms with van der Waals surface area (Å²) in [7, 11) is 1.85. The Morgan fingerprint density at radius 2 is 1.91 bits per heavy atom. The van der Waals surface area contributed by atoms with E-state index >= 15 is 4.39 Å². The van der Waals surface area contributed by atoms with Crippen LogP contribution in [-0.4, -0.2) is 90.2 Å². The standard InChI is InChI=1S/C33H31F2N7O3S/c1-39(32-38-29(27(8-36)46-32)20-2-4-21(34)5-3-20)31-23-6-22(7-25(35)30(23)37-26-14-45-13-24(26)31)42-17-33(18-42)15-40(16-33)11-28(44)41-9-19(10-41)12-43/h2-7,19,43H,9-18H2,1H3. The van der Waals surface area contributed by atoms with E-state index in [-0.39, 0.29) is 41.8 Å². The number of rotatable bonds is 7. The number of aliphatic hydroxyl groups excluding tert-OH is 1. The van der Waals surface area contributed by atoms with Gasteiger partial charge in [-0.25, -0.2) is 18.7 Å². The van der Waals surface area contributed by atoms with E-state index in [1.54, 1.807) is 23.1 Å². The molecule has 1 N–H and O–H groups in total. The molecule has 1 amide bonds. The summed E-state index contributed by atoms with van der Waals surface area (Å²) >= 11 is 1.22. The van der Waals surface area contributed by atoms with Crippen molar-refractivity contribution in [2.24, 2.45) is 11.3 Å². The van der Waals surface area contributed by atoms with Crippen molar-refractivity contribution in [2.45, 2.75) is 13.2 Å². The number of pyridine rings is 1. The Bertz CT molecular complexity index is 1910. The molecule has 1 spiro atoms. The van der Waals surface area contributed by atoms with Crippen molar-refractivity contribution in [2.75, 3.05) is 69.3 Å². The number of carbonyl (C=O) groups is 1. The first-order chi connectivity index (χ1) is 22.2. The van der Waals surface area contributed by atoms with Crippen molar-refractivity contribution in [3.05, 3.63) is 64.2 Å². The van der Waals surface area contributed by atoms with E-state index in [9.17, 15) is 19.6 Å². The summed E-state index contributed by atoms with van der Waals surface area (Å²) < 4.78 is 35.2. The molecule has 2 aromatic carbocycles. The van der Waals surface area contributed by atoms with Gasteiger partial charge in [0.15, 0.2) is 10.9 Å². The maximum atomic E-state index is 15.8. The van der Waals surface area contributed by atoms with Gasteiger partial charge in [0.2, 0.25) is 5.91 Å². The third kappa shape index (κ3) is 4.79. The molecule has 4 aliphatic rings. The number of anilines is 3. The molecule has 0 aliphatic carbocycles. The number of aromatic nitrogens is 2. The average molecular weight is 644 g/mol. The quantitative estimate of drug-likeness (QED) is 0.321. The Balaban J connectivity index is 1.05. The first kappa shape index (κ1) is 29.2. The van der Waals surface area contributed by atoms with E-state index in [0.29, 0.717) is 58.6 Å². The van der Waals surface area contributed by atoms with Crippen molar-refractivity contribution >= 4 is 44.7 Å². The van der Waals surface area contributed by atoms with Crippen LogP contribution in [0.2, 0.25) is 0 Å². The SMILES string of the molecule is CN(c1nc(-c2ccc(F)cc2)c(C#N)s1)c1c2c(nc3c(F)cc(N4CC5(CN(CC(=O)N6CC(CO)C6)C5)C4)cc13)COC2. The highest BCUT2D eigenvalue weighted by Gasteiger charge is 2.52. The van der Waals surface area contributed by atoms with Gasteiger partial charge in [-0.1, -0.05) is 11.3 Å². The minimum Gasteiger partial charge on any atom is -0.396 e. The van der Waals surface area contributed by atoms with Gasteiger partial charge in [0.1, 0.15) is 28.0 Å². The highest BCUT2D eigenvalue weighted by Crippen LogP contribution is 2.46. The van der Waals surface area contributed by atoms with E-state index in [1.165, 1.54) is 23.5 Å². The predicted octanol–water partition coefficient (Wildman–Crippen LogP) is 3.88. The Morgan fingerprint density at radius 3 is 2.63 bits per heavy atom. The number of thiazole rings is 1. The van der Waals surface area contributed by atoms with E-state index in [4.69, 9.17) is 9.72 Å². The molecular weight excluding hydrogens is 612 g/mol. The Kier molecular flexibility index (Phi) is 6.95. The summed E-state index contributed by atoms with van der Waals surface area (Å²) in [5, 5.41) is 20.3. The maximum Gasteiger partial charge on any atom is 0.236 e. The highest BCUT2D eigenvalue weighted by molar-refractivity contribution is 7.16. The average Bonchev–Trinajstić information content (AvgIpc) is 3.63. The monoisotopic (exact) mass is 643 g/mol. The second-order valence-corrected chi connectivity index (χ2v) is 13.9. The van der Waals surface area contributed by atoms with Gasteiger partial charge in [0, 0.05) is 86.5 Å². The molecule has 0 radical (unpaired) electrons. The first-order valence-corrected chi connectivity index (χ1v) is 16.0. The summed E-state index contributed by atoms with van der Waals surface area (Å²) in [5.74, 6) is -0.476. The molecule has 236 valence electrons. The summed E-state index contributed by atoms with van der Waals surface area (Å²) in [6, 6.07) is 11.6. The number of hydrogen-bond donors (Lipinski definition) is 1. The molecule has 3 saturated heterocycles. The molecule has 6 heterocycles. The molecule has 0 unspecified atom stereocenters. The van der Waals surface area contributed by atoms with Gasteiger partial charge >= 0.3 is 0 Å². The van der Waals surface area contributed by atoms with Gasteiger partial charge in [-0.2, -0.15) is 5.26 Å². The molecule has 0 atom stereocenters. The number of carbonyl (C=O) groups excluding carboxylic acids is 1. The normalized spacial score (nSPS) is 18.7. The van der Waals surface area contributed by atoms with Crippen LogP contribution in [0, 0.1) is 34.3 Å². The van der Waals surface area contributed by atoms with Gasteiger partial charge in [-0.3, -0.25) is 9.69 Å². The molecule has 10 nitrogen and oxygen atoms in total. The van der Waals surface area contributed by atoms with Crippen LogP contribution in [0.1, 0.15) is 16.1 Å². The van der Waals surface area contributed by atoms with Crippen LogP contribution in [0.3, 0.4) is 0 Å². The number of likely N-dealkylation sites (tertiary alicyclic amines) is 2. The fourth-order valence-corrected chi connectivity index (χ4v) is 8.09. The summed E-state index contributed by atoms with van der Waals surface area (Å²) in [5.41, 5.74) is 4.47. The lowest BCUT2D eigenvalue weighted by Crippen LogP contribution is -2.73. The van der Waals surface area contributed by atoms with E-state index in [2.05, 4.69) is 20.9 Å². The third-order valence-corrected chi connectivity index (χ3v) is 10.6. The zero-order valence-electron chi connectivity index (χ0n) is 25.2. The largest absolute Gasteiger partial charge is 0.396 e. The number of ether oxygens (including phenoxy) is 1. The van der Waals surface area contributed by atoms with Crippen molar-refractivity contribution in [3.63, 3.8) is 0 Å². The molecule has 8 rings (SSSR count). The number of hydrogen-bond acceptors (Lipinski definition) is 10. The summed E-state index contributed by atoms with van der Waals surface area (Å²) in [4.78, 5) is 30.4. The number of halogens is 2. The lowest BCUT2D eigenvalue weighted by Gasteiger charge is -2.61. The first-order valence-electron chi connectivity index (χ1n) is 15.2. The lowest BCUT2D eigenvalue weighted by atomic mass is 9.72. The van der Waals surface area contributed by atoms with Crippen molar-refractivity contribution < 1.29 is 23.4 Å². The van der Waals surface area contributed by atoms with Gasteiger partial charge in [0.05, 0.1) is 31.1 Å². The Labute approximate surface area is 268 Å². The van der Waals surface area contributed by atoms with E-state index in [1.807, 2.05) is 18.0 Å². The van der Waals surface area contributed by atoms with Crippen LogP contribution < -0.4 is 9.80 Å². The van der Waals surface area contributed by atoms with Crippen molar-refractivity contribution in [3.8, 4) is 17.3 Å². The third-order valence-electron chi connectivity index (χ3n) is 9.59. The Hall–Kier alpha value is -4.22. The van der Waals surface area contributed by atoms with Crippen LogP contribution in [0.25, 0.3) is 22.2 Å². The molecule has 13 heteroatoms. The molecule has 4 aliphatic heterocycles. The van der Waals surface area contributed by atoms with Gasteiger partial charge in [-0.05, 0) is 36.4 Å². The van der Waals surface area contributed by atoms with E-state index < -0.39 is 5.82 Å². The predicted molar refractivity (Wildman–Crippen MR) is 169 cm³/mol. The summed E-state index contributed by atoms with van der Waals surface area (Å²) in [6.07, 6.45) is 0. The smallest absolute Gasteiger partial charge is 0.236 e. The molecular formula is C33H31F2N7O3S. The number of benzene rings is 2. The molecule has 4 aromatic rings. The van der Waals surface area contributed by atoms with Gasteiger partial charge in [0.25, 0.3) is 0 Å². The Morgan fingerprint density at radius 1 is 1.15 bits per heavy atom. The minimum atomic E-state index is -0.418. The van der Waals surface area contributed by atoms with Crippen molar-refractivity contribution in [1.82, 2.24) is 19.8 Å². The molecule has 3 fully saturated rings. The second kappa shape index (κ2) is 10.9. The zero-order valence-corrected chi connectivity index (χ0v) is 26.0. The highest BCUT2D eigenvalue weighted by atomic mass is 32.1. The van der Waals surface area contributed by atoms with Crippen LogP contribution in [0.5, 0.6) is 0 Å². The molecule has 46 heavy (non-hydrogen) atoms. The fraction of sp³-hybridized carbons (Fsp3) is 0.394. The number of aliphatic hydroxyl groups is 1. The maximum absolute atomic E-state index is 15.8. The zero-order chi connectivity index (χ0) is 31.7. The van der Waals surface area contributed by atoms with Crippen LogP contribution >= 0.6 is 11.3 Å².